The van der Waals surface area contributed by atoms with Crippen LogP contribution in [-0.2, 0) is 11.3 Å². The van der Waals surface area contributed by atoms with Gasteiger partial charge in [0, 0.05) is 6.54 Å². The maximum Gasteiger partial charge on any atom is 0.490 e. The molecule has 2 rings (SSSR count). The van der Waals surface area contributed by atoms with Gasteiger partial charge in [-0.2, -0.15) is 18.4 Å². The Morgan fingerprint density at radius 2 is 2.00 bits per heavy atom. The lowest BCUT2D eigenvalue weighted by atomic mass is 10.3. The number of halogens is 5. The van der Waals surface area contributed by atoms with E-state index in [4.69, 9.17) is 31.9 Å². The number of benzene rings is 1. The summed E-state index contributed by atoms with van der Waals surface area (Å²) in [5, 5.41) is 46.2. The number of guanidine groups is 1. The van der Waals surface area contributed by atoms with Crippen LogP contribution in [-0.4, -0.2) is 62.8 Å². The fourth-order valence-corrected chi connectivity index (χ4v) is 2.00. The van der Waals surface area contributed by atoms with Crippen LogP contribution in [0.1, 0.15) is 11.4 Å². The number of carbonyl (C=O) groups is 1. The number of carboxylic acids is 1. The first-order chi connectivity index (χ1) is 16.0. The molecule has 1 aromatic heterocycles. The van der Waals surface area contributed by atoms with E-state index in [1.165, 1.54) is 12.1 Å². The number of aliphatic imine (C=N–C) groups is 2. The number of rotatable bonds is 6. The molecule has 184 valence electrons. The molecular weight excluding hydrogens is 496 g/mol. The van der Waals surface area contributed by atoms with E-state index >= 15 is 0 Å². The molecule has 1 aromatic carbocycles. The molecular formula is C16H15ClF4N8O5. The Hall–Kier alpha value is -4.01. The van der Waals surface area contributed by atoms with Crippen molar-refractivity contribution in [3.8, 4) is 6.19 Å². The summed E-state index contributed by atoms with van der Waals surface area (Å²) < 4.78 is 49.6. The lowest BCUT2D eigenvalue weighted by Gasteiger charge is -2.06. The molecule has 0 aliphatic heterocycles. The van der Waals surface area contributed by atoms with E-state index in [2.05, 4.69) is 35.6 Å². The van der Waals surface area contributed by atoms with E-state index in [1.54, 1.807) is 6.19 Å². The van der Waals surface area contributed by atoms with Crippen molar-refractivity contribution < 1.29 is 42.4 Å². The fourth-order valence-electron chi connectivity index (χ4n) is 1.83. The van der Waals surface area contributed by atoms with E-state index in [0.29, 0.717) is 0 Å². The van der Waals surface area contributed by atoms with Crippen LogP contribution < -0.4 is 16.1 Å². The van der Waals surface area contributed by atoms with Gasteiger partial charge in [0.2, 0.25) is 5.96 Å². The second-order valence-corrected chi connectivity index (χ2v) is 5.99. The second-order valence-electron chi connectivity index (χ2n) is 5.59. The summed E-state index contributed by atoms with van der Waals surface area (Å²) >= 11 is 5.70. The van der Waals surface area contributed by atoms with Crippen LogP contribution in [0.4, 0.5) is 23.2 Å². The normalized spacial score (nSPS) is 11.7. The number of nitrogens with one attached hydrogen (secondary N) is 3. The van der Waals surface area contributed by atoms with E-state index < -0.39 is 18.0 Å². The Bertz CT molecular complexity index is 1070. The van der Waals surface area contributed by atoms with Gasteiger partial charge in [-0.15, -0.1) is 0 Å². The van der Waals surface area contributed by atoms with Gasteiger partial charge >= 0.3 is 12.1 Å². The Morgan fingerprint density at radius 1 is 1.32 bits per heavy atom. The van der Waals surface area contributed by atoms with Crippen molar-refractivity contribution in [2.45, 2.75) is 12.7 Å². The third kappa shape index (κ3) is 9.23. The number of amidine groups is 1. The minimum absolute atomic E-state index is 0.0418. The summed E-state index contributed by atoms with van der Waals surface area (Å²) in [4.78, 5) is 17.0. The monoisotopic (exact) mass is 510 g/mol. The highest BCUT2D eigenvalue weighted by Crippen LogP contribution is 2.22. The van der Waals surface area contributed by atoms with Crippen LogP contribution in [0.2, 0.25) is 5.02 Å². The number of aliphatic carboxylic acids is 1. The van der Waals surface area contributed by atoms with Gasteiger partial charge in [-0.1, -0.05) is 16.8 Å². The number of nitrogens with zero attached hydrogens (tertiary/aromatic N) is 5. The molecule has 1 heterocycles. The average Bonchev–Trinajstić information content (AvgIpc) is 3.24. The van der Waals surface area contributed by atoms with Crippen LogP contribution in [0, 0.1) is 17.3 Å². The second kappa shape index (κ2) is 13.5. The summed E-state index contributed by atoms with van der Waals surface area (Å²) in [5.41, 5.74) is 2.33. The maximum absolute atomic E-state index is 13.2. The number of hydroxylamine groups is 1. The lowest BCUT2D eigenvalue weighted by Crippen LogP contribution is -2.36. The zero-order valence-electron chi connectivity index (χ0n) is 16.6. The van der Waals surface area contributed by atoms with Gasteiger partial charge in [0.1, 0.15) is 11.5 Å². The zero-order chi connectivity index (χ0) is 25.7. The summed E-state index contributed by atoms with van der Waals surface area (Å²) in [6.07, 6.45) is -3.39. The standard InChI is InChI=1S/C14H14ClFN8O3.C2HF3O2/c15-9-5-8(1-2-10(9)16)21-13(22-26)12-11(23-27-24-12)6-19-14(20-7-17)18-3-4-25;3-2(4,5)1(6)7/h1-2,5,25-26H,3-4,6H2,(H,21,22)(H2,18,19,20);(H,6,7). The maximum atomic E-state index is 13.2. The van der Waals surface area contributed by atoms with Crippen molar-refractivity contribution in [2.24, 2.45) is 9.98 Å². The summed E-state index contributed by atoms with van der Waals surface area (Å²) in [6, 6.07) is 3.72. The van der Waals surface area contributed by atoms with Crippen LogP contribution in [0.25, 0.3) is 0 Å². The highest BCUT2D eigenvalue weighted by atomic mass is 35.5. The molecule has 0 fully saturated rings. The molecule has 0 saturated heterocycles. The van der Waals surface area contributed by atoms with Gasteiger partial charge in [0.05, 0.1) is 23.9 Å². The Morgan fingerprint density at radius 3 is 2.53 bits per heavy atom. The van der Waals surface area contributed by atoms with Crippen molar-refractivity contribution in [3.05, 3.63) is 40.4 Å². The number of carboxylic acid groups (broad SMARTS) is 1. The molecule has 2 aromatic rings. The Labute approximate surface area is 192 Å². The third-order valence-corrected chi connectivity index (χ3v) is 3.53. The number of alkyl halides is 3. The van der Waals surface area contributed by atoms with E-state index in [9.17, 15) is 22.8 Å². The van der Waals surface area contributed by atoms with Crippen LogP contribution in [0.3, 0.4) is 0 Å². The van der Waals surface area contributed by atoms with Gasteiger partial charge in [0.15, 0.2) is 17.7 Å². The van der Waals surface area contributed by atoms with Gasteiger partial charge in [0.25, 0.3) is 0 Å². The molecule has 18 heteroatoms. The first kappa shape index (κ1) is 28.0. The smallest absolute Gasteiger partial charge is 0.475 e. The molecule has 0 aliphatic carbocycles. The zero-order valence-corrected chi connectivity index (χ0v) is 17.4. The molecule has 0 radical (unpaired) electrons. The first-order valence-corrected chi connectivity index (χ1v) is 9.01. The summed E-state index contributed by atoms with van der Waals surface area (Å²) in [7, 11) is 0. The van der Waals surface area contributed by atoms with Crippen LogP contribution in [0.5, 0.6) is 0 Å². The van der Waals surface area contributed by atoms with E-state index in [-0.39, 0.29) is 53.6 Å². The third-order valence-electron chi connectivity index (χ3n) is 3.24. The van der Waals surface area contributed by atoms with Crippen LogP contribution in [0.15, 0.2) is 32.8 Å². The highest BCUT2D eigenvalue weighted by molar-refractivity contribution is 6.31. The Kier molecular flexibility index (Phi) is 11.1. The van der Waals surface area contributed by atoms with E-state index in [1.807, 2.05) is 5.48 Å². The molecule has 0 aliphatic rings. The number of hydrogen-bond donors (Lipinski definition) is 6. The molecule has 0 spiro atoms. The molecule has 34 heavy (non-hydrogen) atoms. The Balaban J connectivity index is 0.000000718. The van der Waals surface area contributed by atoms with Gasteiger partial charge < -0.3 is 15.5 Å². The number of aliphatic hydroxyl groups is 1. The molecule has 0 saturated carbocycles. The summed E-state index contributed by atoms with van der Waals surface area (Å²) in [5.74, 6) is -3.41. The molecule has 0 amide bonds. The van der Waals surface area contributed by atoms with Crippen molar-refractivity contribution in [1.29, 1.82) is 5.26 Å². The minimum Gasteiger partial charge on any atom is -0.475 e. The topological polar surface area (TPSA) is 201 Å². The van der Waals surface area contributed by atoms with Crippen molar-refractivity contribution in [2.75, 3.05) is 13.2 Å². The predicted molar refractivity (Wildman–Crippen MR) is 105 cm³/mol. The average molecular weight is 511 g/mol. The SMILES string of the molecule is N#CNC(=NCc1nonc1C(=Nc1ccc(F)c(Cl)c1)NO)NCCO.O=C(O)C(F)(F)F. The number of nitriles is 1. The molecule has 0 atom stereocenters. The molecule has 13 nitrogen and oxygen atoms in total. The minimum atomic E-state index is -5.08. The van der Waals surface area contributed by atoms with E-state index in [0.717, 1.165) is 6.07 Å². The quantitative estimate of drug-likeness (QED) is 0.0810. The first-order valence-electron chi connectivity index (χ1n) is 8.63. The van der Waals surface area contributed by atoms with Gasteiger partial charge in [-0.05, 0) is 23.4 Å². The highest BCUT2D eigenvalue weighted by Gasteiger charge is 2.38. The largest absolute Gasteiger partial charge is 0.490 e. The number of aliphatic hydroxyl groups excluding tert-OH is 1. The van der Waals surface area contributed by atoms with Gasteiger partial charge in [-0.3, -0.25) is 16.0 Å². The lowest BCUT2D eigenvalue weighted by molar-refractivity contribution is -0.192. The number of hydrogen-bond acceptors (Lipinski definition) is 9. The van der Waals surface area contributed by atoms with Crippen molar-refractivity contribution in [3.63, 3.8) is 0 Å². The van der Waals surface area contributed by atoms with Crippen molar-refractivity contribution in [1.82, 2.24) is 26.4 Å². The molecule has 6 N–H and O–H groups in total. The summed E-state index contributed by atoms with van der Waals surface area (Å²) in [6.45, 7) is -0.0752. The predicted octanol–water partition coefficient (Wildman–Crippen LogP) is 1.06. The fraction of sp³-hybridized carbons (Fsp3) is 0.250. The van der Waals surface area contributed by atoms with Crippen molar-refractivity contribution >= 4 is 35.1 Å². The molecule has 0 unspecified atom stereocenters. The van der Waals surface area contributed by atoms with Gasteiger partial charge in [-0.25, -0.2) is 23.8 Å². The molecule has 0 bridgehead atoms. The van der Waals surface area contributed by atoms with Crippen LogP contribution >= 0.6 is 11.6 Å². The number of aromatic nitrogens is 2.